The van der Waals surface area contributed by atoms with E-state index in [9.17, 15) is 4.79 Å². The van der Waals surface area contributed by atoms with Crippen LogP contribution in [0.3, 0.4) is 0 Å². The van der Waals surface area contributed by atoms with Gasteiger partial charge in [-0.1, -0.05) is 20.8 Å². The maximum Gasteiger partial charge on any atom is 0.373 e. The third-order valence-corrected chi connectivity index (χ3v) is 2.62. The Morgan fingerprint density at radius 1 is 1.39 bits per heavy atom. The molecule has 0 atom stereocenters. The molecule has 0 saturated heterocycles. The van der Waals surface area contributed by atoms with Crippen LogP contribution in [0, 0.1) is 6.92 Å². The van der Waals surface area contributed by atoms with Crippen molar-refractivity contribution < 1.29 is 18.7 Å². The Kier molecular flexibility index (Phi) is 2.77. The van der Waals surface area contributed by atoms with Gasteiger partial charge in [-0.05, 0) is 13.0 Å². The van der Waals surface area contributed by atoms with Gasteiger partial charge in [0.05, 0.1) is 11.8 Å². The molecule has 0 aromatic carbocycles. The fourth-order valence-corrected chi connectivity index (χ4v) is 1.70. The van der Waals surface area contributed by atoms with Crippen LogP contribution in [0.2, 0.25) is 0 Å². The molecule has 0 aliphatic heterocycles. The van der Waals surface area contributed by atoms with Gasteiger partial charge in [0.2, 0.25) is 11.7 Å². The summed E-state index contributed by atoms with van der Waals surface area (Å²) in [6.07, 6.45) is 1.52. The van der Waals surface area contributed by atoms with Gasteiger partial charge in [-0.3, -0.25) is 0 Å². The smallest absolute Gasteiger partial charge is 0.373 e. The largest absolute Gasteiger partial charge is 0.475 e. The molecule has 0 radical (unpaired) electrons. The Bertz CT molecular complexity index is 586. The van der Waals surface area contributed by atoms with E-state index in [0.717, 1.165) is 0 Å². The molecule has 0 amide bonds. The summed E-state index contributed by atoms with van der Waals surface area (Å²) in [5.41, 5.74) is 0.714. The van der Waals surface area contributed by atoms with E-state index >= 15 is 0 Å². The topological polar surface area (TPSA) is 76.5 Å². The second-order valence-electron chi connectivity index (χ2n) is 5.14. The first-order valence-corrected chi connectivity index (χ1v) is 5.60. The first-order valence-electron chi connectivity index (χ1n) is 5.60. The van der Waals surface area contributed by atoms with Crippen molar-refractivity contribution in [1.29, 1.82) is 0 Å². The van der Waals surface area contributed by atoms with Crippen LogP contribution in [-0.2, 0) is 5.41 Å². The van der Waals surface area contributed by atoms with Gasteiger partial charge in [-0.15, -0.1) is 0 Å². The summed E-state index contributed by atoms with van der Waals surface area (Å²) in [5, 5.41) is 9.15. The third-order valence-electron chi connectivity index (χ3n) is 2.62. The van der Waals surface area contributed by atoms with Gasteiger partial charge >= 0.3 is 5.97 Å². The van der Waals surface area contributed by atoms with Crippen molar-refractivity contribution in [3.05, 3.63) is 29.5 Å². The van der Waals surface area contributed by atoms with Gasteiger partial charge in [0.25, 0.3) is 0 Å². The Morgan fingerprint density at radius 2 is 2.06 bits per heavy atom. The van der Waals surface area contributed by atoms with Gasteiger partial charge in [-0.2, -0.15) is 0 Å². The lowest BCUT2D eigenvalue weighted by atomic mass is 9.91. The summed E-state index contributed by atoms with van der Waals surface area (Å²) >= 11 is 0. The molecule has 96 valence electrons. The fraction of sp³-hybridized carbons (Fsp3) is 0.385. The second-order valence-corrected chi connectivity index (χ2v) is 5.14. The number of hydrogen-bond donors (Lipinski definition) is 1. The predicted molar refractivity (Wildman–Crippen MR) is 64.6 cm³/mol. The molecule has 0 bridgehead atoms. The Hall–Kier alpha value is -2.04. The Morgan fingerprint density at radius 3 is 2.44 bits per heavy atom. The van der Waals surface area contributed by atoms with Crippen LogP contribution in [0.5, 0.6) is 0 Å². The van der Waals surface area contributed by atoms with E-state index in [0.29, 0.717) is 17.0 Å². The van der Waals surface area contributed by atoms with Crippen molar-refractivity contribution in [2.45, 2.75) is 33.1 Å². The standard InChI is InChI=1S/C13H15NO4/c1-7-8(5-6-17-7)11-14-10(13(2,3)4)9(18-11)12(15)16/h5-6H,1-4H3,(H,15,16). The SMILES string of the molecule is Cc1occc1-c1nc(C(C)(C)C)c(C(=O)O)o1. The molecule has 5 nitrogen and oxygen atoms in total. The summed E-state index contributed by atoms with van der Waals surface area (Å²) in [4.78, 5) is 15.5. The zero-order valence-corrected chi connectivity index (χ0v) is 10.8. The second kappa shape index (κ2) is 4.01. The van der Waals surface area contributed by atoms with E-state index in [1.54, 1.807) is 13.0 Å². The van der Waals surface area contributed by atoms with E-state index in [1.165, 1.54) is 6.26 Å². The Labute approximate surface area is 104 Å². The van der Waals surface area contributed by atoms with E-state index < -0.39 is 11.4 Å². The average molecular weight is 249 g/mol. The lowest BCUT2D eigenvalue weighted by Crippen LogP contribution is -2.16. The minimum atomic E-state index is -1.11. The molecule has 5 heteroatoms. The number of oxazole rings is 1. The summed E-state index contributed by atoms with van der Waals surface area (Å²) < 4.78 is 10.5. The molecular weight excluding hydrogens is 234 g/mol. The van der Waals surface area contributed by atoms with Crippen molar-refractivity contribution in [3.63, 3.8) is 0 Å². The highest BCUT2D eigenvalue weighted by molar-refractivity contribution is 5.86. The maximum atomic E-state index is 11.2. The van der Waals surface area contributed by atoms with Crippen molar-refractivity contribution in [2.24, 2.45) is 0 Å². The minimum Gasteiger partial charge on any atom is -0.475 e. The Balaban J connectivity index is 2.60. The summed E-state index contributed by atoms with van der Waals surface area (Å²) in [7, 11) is 0. The lowest BCUT2D eigenvalue weighted by molar-refractivity contribution is 0.0659. The van der Waals surface area contributed by atoms with Gasteiger partial charge < -0.3 is 13.9 Å². The molecule has 1 N–H and O–H groups in total. The molecule has 0 fully saturated rings. The van der Waals surface area contributed by atoms with Crippen LogP contribution >= 0.6 is 0 Å². The van der Waals surface area contributed by atoms with Crippen molar-refractivity contribution >= 4 is 5.97 Å². The van der Waals surface area contributed by atoms with Crippen molar-refractivity contribution in [3.8, 4) is 11.5 Å². The predicted octanol–water partition coefficient (Wildman–Crippen LogP) is 3.24. The average Bonchev–Trinajstić information content (AvgIpc) is 2.81. The number of rotatable bonds is 2. The normalized spacial score (nSPS) is 11.8. The van der Waals surface area contributed by atoms with Crippen LogP contribution in [0.1, 0.15) is 42.8 Å². The summed E-state index contributed by atoms with van der Waals surface area (Å²) in [6, 6.07) is 1.71. The summed E-state index contributed by atoms with van der Waals surface area (Å²) in [6.45, 7) is 7.45. The van der Waals surface area contributed by atoms with E-state index in [2.05, 4.69) is 4.98 Å². The molecule has 0 aliphatic rings. The van der Waals surface area contributed by atoms with Gasteiger partial charge in [0.1, 0.15) is 11.5 Å². The molecule has 2 rings (SSSR count). The highest BCUT2D eigenvalue weighted by Crippen LogP contribution is 2.31. The number of aryl methyl sites for hydroxylation is 1. The van der Waals surface area contributed by atoms with E-state index in [1.807, 2.05) is 20.8 Å². The van der Waals surface area contributed by atoms with Crippen LogP contribution in [0.25, 0.3) is 11.5 Å². The van der Waals surface area contributed by atoms with Gasteiger partial charge in [0.15, 0.2) is 0 Å². The number of aromatic carboxylic acids is 1. The van der Waals surface area contributed by atoms with Gasteiger partial charge in [-0.25, -0.2) is 9.78 Å². The highest BCUT2D eigenvalue weighted by Gasteiger charge is 2.29. The molecule has 2 aromatic heterocycles. The van der Waals surface area contributed by atoms with Crippen LogP contribution in [0.4, 0.5) is 0 Å². The zero-order chi connectivity index (χ0) is 13.5. The minimum absolute atomic E-state index is 0.113. The number of furan rings is 1. The number of carboxylic acid groups (broad SMARTS) is 1. The quantitative estimate of drug-likeness (QED) is 0.884. The number of carboxylic acids is 1. The summed E-state index contributed by atoms with van der Waals surface area (Å²) in [5.74, 6) is -0.296. The van der Waals surface area contributed by atoms with Crippen molar-refractivity contribution in [1.82, 2.24) is 4.98 Å². The monoisotopic (exact) mass is 249 g/mol. The highest BCUT2D eigenvalue weighted by atomic mass is 16.4. The molecule has 0 unspecified atom stereocenters. The molecule has 2 aromatic rings. The number of carbonyl (C=O) groups is 1. The van der Waals surface area contributed by atoms with Crippen LogP contribution in [0.15, 0.2) is 21.2 Å². The van der Waals surface area contributed by atoms with Crippen LogP contribution < -0.4 is 0 Å². The number of hydrogen-bond acceptors (Lipinski definition) is 4. The lowest BCUT2D eigenvalue weighted by Gasteiger charge is -2.14. The molecular formula is C13H15NO4. The number of aromatic nitrogens is 1. The third kappa shape index (κ3) is 2.03. The first-order chi connectivity index (χ1) is 8.30. The van der Waals surface area contributed by atoms with Crippen molar-refractivity contribution in [2.75, 3.05) is 0 Å². The van der Waals surface area contributed by atoms with Crippen LogP contribution in [-0.4, -0.2) is 16.1 Å². The molecule has 2 heterocycles. The zero-order valence-electron chi connectivity index (χ0n) is 10.8. The fourth-order valence-electron chi connectivity index (χ4n) is 1.70. The van der Waals surface area contributed by atoms with E-state index in [4.69, 9.17) is 13.9 Å². The van der Waals surface area contributed by atoms with E-state index in [-0.39, 0.29) is 11.7 Å². The molecule has 0 spiro atoms. The molecule has 18 heavy (non-hydrogen) atoms. The maximum absolute atomic E-state index is 11.2. The molecule has 0 aliphatic carbocycles. The van der Waals surface area contributed by atoms with Gasteiger partial charge in [0, 0.05) is 5.41 Å². The number of nitrogens with zero attached hydrogens (tertiary/aromatic N) is 1. The molecule has 0 saturated carbocycles. The first kappa shape index (κ1) is 12.4.